The van der Waals surface area contributed by atoms with E-state index in [0.29, 0.717) is 24.3 Å². The summed E-state index contributed by atoms with van der Waals surface area (Å²) < 4.78 is 0. The number of carboxylic acids is 2. The van der Waals surface area contributed by atoms with E-state index in [9.17, 15) is 14.4 Å². The van der Waals surface area contributed by atoms with Gasteiger partial charge in [0, 0.05) is 6.08 Å². The Kier molecular flexibility index (Phi) is 5.76. The summed E-state index contributed by atoms with van der Waals surface area (Å²) in [6.45, 7) is 1.81. The lowest BCUT2D eigenvalue weighted by Crippen LogP contribution is -2.51. The van der Waals surface area contributed by atoms with Gasteiger partial charge in [0.05, 0.1) is 0 Å². The molecule has 1 unspecified atom stereocenters. The molecule has 7 heteroatoms. The predicted molar refractivity (Wildman–Crippen MR) is 59.1 cm³/mol. The Labute approximate surface area is 96.5 Å². The number of rotatable bonds is 7. The van der Waals surface area contributed by atoms with Crippen LogP contribution in [0.2, 0.25) is 0 Å². The molecule has 16 heavy (non-hydrogen) atoms. The van der Waals surface area contributed by atoms with Crippen LogP contribution in [0.25, 0.3) is 0 Å². The molecule has 0 aliphatic carbocycles. The lowest BCUT2D eigenvalue weighted by molar-refractivity contribution is -0.143. The molecule has 0 aliphatic heterocycles. The molecule has 1 atom stereocenters. The summed E-state index contributed by atoms with van der Waals surface area (Å²) in [4.78, 5) is 30.4. The molecule has 0 spiro atoms. The maximum Gasteiger partial charge on any atom is 0.342 e. The Balaban J connectivity index is 4.83. The molecule has 0 bridgehead atoms. The largest absolute Gasteiger partial charge is 0.479 e. The molecular weight excluding hydrogens is 234 g/mol. The maximum atomic E-state index is 11.4. The number of hydrogen-bond donors (Lipinski definition) is 3. The van der Waals surface area contributed by atoms with Crippen LogP contribution in [0.15, 0.2) is 12.2 Å². The van der Waals surface area contributed by atoms with Crippen molar-refractivity contribution in [3.63, 3.8) is 0 Å². The van der Waals surface area contributed by atoms with Crippen LogP contribution in [0.5, 0.6) is 0 Å². The second-order valence-corrected chi connectivity index (χ2v) is 4.27. The SMILES string of the molecule is CCCSC(N)(C(=O)O)C(=O)C=CC(=O)O. The molecule has 0 aliphatic rings. The molecule has 0 rings (SSSR count). The van der Waals surface area contributed by atoms with Gasteiger partial charge in [-0.15, -0.1) is 11.8 Å². The van der Waals surface area contributed by atoms with Gasteiger partial charge in [-0.1, -0.05) is 6.92 Å². The molecule has 0 amide bonds. The Morgan fingerprint density at radius 2 is 1.88 bits per heavy atom. The highest BCUT2D eigenvalue weighted by atomic mass is 32.2. The average Bonchev–Trinajstić information content (AvgIpc) is 2.21. The summed E-state index contributed by atoms with van der Waals surface area (Å²) in [5.41, 5.74) is 5.43. The molecule has 0 heterocycles. The summed E-state index contributed by atoms with van der Waals surface area (Å²) in [6.07, 6.45) is 1.89. The van der Waals surface area contributed by atoms with Crippen LogP contribution in [0, 0.1) is 0 Å². The fourth-order valence-corrected chi connectivity index (χ4v) is 1.63. The number of carboxylic acid groups (broad SMARTS) is 2. The van der Waals surface area contributed by atoms with E-state index in [4.69, 9.17) is 15.9 Å². The first kappa shape index (κ1) is 14.7. The number of ketones is 1. The van der Waals surface area contributed by atoms with Crippen molar-refractivity contribution < 1.29 is 24.6 Å². The Hall–Kier alpha value is -1.34. The van der Waals surface area contributed by atoms with Gasteiger partial charge in [-0.25, -0.2) is 9.59 Å². The van der Waals surface area contributed by atoms with E-state index < -0.39 is 22.6 Å². The van der Waals surface area contributed by atoms with Gasteiger partial charge in [-0.05, 0) is 18.2 Å². The van der Waals surface area contributed by atoms with E-state index in [1.165, 1.54) is 0 Å². The fraction of sp³-hybridized carbons (Fsp3) is 0.444. The van der Waals surface area contributed by atoms with Gasteiger partial charge in [0.15, 0.2) is 5.78 Å². The van der Waals surface area contributed by atoms with Gasteiger partial charge in [0.25, 0.3) is 0 Å². The van der Waals surface area contributed by atoms with Crippen LogP contribution in [-0.4, -0.2) is 38.6 Å². The minimum Gasteiger partial charge on any atom is -0.479 e. The minimum atomic E-state index is -2.11. The van der Waals surface area contributed by atoms with Crippen LogP contribution in [0.4, 0.5) is 0 Å². The van der Waals surface area contributed by atoms with Gasteiger partial charge < -0.3 is 15.9 Å². The fourth-order valence-electron chi connectivity index (χ4n) is 0.772. The number of aliphatic carboxylic acids is 2. The lowest BCUT2D eigenvalue weighted by Gasteiger charge is -2.20. The average molecular weight is 247 g/mol. The van der Waals surface area contributed by atoms with Crippen LogP contribution >= 0.6 is 11.8 Å². The van der Waals surface area contributed by atoms with Crippen molar-refractivity contribution in [2.24, 2.45) is 5.73 Å². The van der Waals surface area contributed by atoms with Crippen molar-refractivity contribution in [1.29, 1.82) is 0 Å². The van der Waals surface area contributed by atoms with E-state index in [1.807, 2.05) is 6.92 Å². The van der Waals surface area contributed by atoms with Gasteiger partial charge in [0.2, 0.25) is 4.87 Å². The Morgan fingerprint density at radius 3 is 2.25 bits per heavy atom. The van der Waals surface area contributed by atoms with Gasteiger partial charge in [-0.2, -0.15) is 0 Å². The van der Waals surface area contributed by atoms with Gasteiger partial charge >= 0.3 is 11.9 Å². The summed E-state index contributed by atoms with van der Waals surface area (Å²) in [7, 11) is 0. The highest BCUT2D eigenvalue weighted by molar-refractivity contribution is 8.02. The molecule has 0 aromatic rings. The molecule has 0 aromatic heterocycles. The number of nitrogens with two attached hydrogens (primary N) is 1. The first-order valence-corrected chi connectivity index (χ1v) is 5.44. The first-order chi connectivity index (χ1) is 7.34. The predicted octanol–water partition coefficient (Wildman–Crippen LogP) is 0.0791. The number of thioether (sulfide) groups is 1. The first-order valence-electron chi connectivity index (χ1n) is 4.46. The molecular formula is C9H13NO5S. The Morgan fingerprint density at radius 1 is 1.31 bits per heavy atom. The van der Waals surface area contributed by atoms with Crippen molar-refractivity contribution >= 4 is 29.5 Å². The van der Waals surface area contributed by atoms with E-state index >= 15 is 0 Å². The molecule has 4 N–H and O–H groups in total. The third kappa shape index (κ3) is 4.03. The van der Waals surface area contributed by atoms with Crippen molar-refractivity contribution in [1.82, 2.24) is 0 Å². The van der Waals surface area contributed by atoms with Crippen LogP contribution < -0.4 is 5.73 Å². The van der Waals surface area contributed by atoms with E-state index in [1.54, 1.807) is 0 Å². The monoisotopic (exact) mass is 247 g/mol. The zero-order chi connectivity index (χ0) is 12.8. The van der Waals surface area contributed by atoms with E-state index in [-0.39, 0.29) is 0 Å². The molecule has 0 saturated heterocycles. The standard InChI is InChI=1S/C9H13NO5S/c1-2-5-16-9(10,8(14)15)6(11)3-4-7(12)13/h3-4H,2,5,10H2,1H3,(H,12,13)(H,14,15). The van der Waals surface area contributed by atoms with Crippen LogP contribution in [-0.2, 0) is 14.4 Å². The summed E-state index contributed by atoms with van der Waals surface area (Å²) >= 11 is 0.776. The third-order valence-corrected chi connectivity index (χ3v) is 3.04. The summed E-state index contributed by atoms with van der Waals surface area (Å²) in [5.74, 6) is -3.36. The molecule has 90 valence electrons. The number of carbonyl (C=O) groups is 3. The molecule has 0 radical (unpaired) electrons. The van der Waals surface area contributed by atoms with Crippen molar-refractivity contribution in [2.75, 3.05) is 5.75 Å². The Bertz CT molecular complexity index is 328. The topological polar surface area (TPSA) is 118 Å². The summed E-state index contributed by atoms with van der Waals surface area (Å²) in [6, 6.07) is 0. The highest BCUT2D eigenvalue weighted by Gasteiger charge is 2.41. The highest BCUT2D eigenvalue weighted by Crippen LogP contribution is 2.22. The number of carbonyl (C=O) groups excluding carboxylic acids is 1. The second-order valence-electron chi connectivity index (χ2n) is 2.93. The van der Waals surface area contributed by atoms with Gasteiger partial charge in [-0.3, -0.25) is 4.79 Å². The van der Waals surface area contributed by atoms with Crippen molar-refractivity contribution in [2.45, 2.75) is 18.2 Å². The molecule has 0 fully saturated rings. The molecule has 0 aromatic carbocycles. The van der Waals surface area contributed by atoms with Gasteiger partial charge in [0.1, 0.15) is 0 Å². The summed E-state index contributed by atoms with van der Waals surface area (Å²) in [5, 5.41) is 17.2. The zero-order valence-electron chi connectivity index (χ0n) is 8.67. The number of hydrogen-bond acceptors (Lipinski definition) is 5. The van der Waals surface area contributed by atoms with E-state index in [2.05, 4.69) is 0 Å². The molecule has 6 nitrogen and oxygen atoms in total. The van der Waals surface area contributed by atoms with Crippen LogP contribution in [0.1, 0.15) is 13.3 Å². The lowest BCUT2D eigenvalue weighted by atomic mass is 10.2. The normalized spacial score (nSPS) is 14.6. The van der Waals surface area contributed by atoms with E-state index in [0.717, 1.165) is 11.8 Å². The molecule has 0 saturated carbocycles. The van der Waals surface area contributed by atoms with Crippen molar-refractivity contribution in [3.8, 4) is 0 Å². The smallest absolute Gasteiger partial charge is 0.342 e. The maximum absolute atomic E-state index is 11.4. The third-order valence-electron chi connectivity index (χ3n) is 1.59. The quantitative estimate of drug-likeness (QED) is 0.331. The van der Waals surface area contributed by atoms with Crippen LogP contribution in [0.3, 0.4) is 0 Å². The second kappa shape index (κ2) is 6.29. The minimum absolute atomic E-state index is 0.398. The zero-order valence-corrected chi connectivity index (χ0v) is 9.49. The van der Waals surface area contributed by atoms with Crippen molar-refractivity contribution in [3.05, 3.63) is 12.2 Å².